The van der Waals surface area contributed by atoms with E-state index in [2.05, 4.69) is 23.7 Å². The van der Waals surface area contributed by atoms with Crippen LogP contribution in [-0.2, 0) is 14.3 Å². The molecule has 0 fully saturated rings. The van der Waals surface area contributed by atoms with Crippen LogP contribution in [0, 0.1) is 0 Å². The lowest BCUT2D eigenvalue weighted by Crippen LogP contribution is -2.40. The summed E-state index contributed by atoms with van der Waals surface area (Å²) >= 11 is 1.45. The number of carbonyl (C=O) groups excluding carboxylic acids is 1. The first kappa shape index (κ1) is 18.8. The van der Waals surface area contributed by atoms with E-state index in [4.69, 9.17) is 18.9 Å². The third kappa shape index (κ3) is 3.72. The largest absolute Gasteiger partial charge is 0.494 e. The second-order valence-corrected chi connectivity index (χ2v) is 7.36. The molecule has 8 nitrogen and oxygen atoms in total. The SMILES string of the molecule is CCN(CC)CCN(C(=O)C1=COCCO1)c1nc2cc3c(cc2s1)OCO3. The molecule has 0 spiro atoms. The molecule has 2 aliphatic heterocycles. The number of anilines is 1. The number of ether oxygens (including phenoxy) is 4. The van der Waals surface area contributed by atoms with Gasteiger partial charge in [0.1, 0.15) is 19.5 Å². The van der Waals surface area contributed by atoms with Crippen LogP contribution in [0.25, 0.3) is 10.2 Å². The molecule has 150 valence electrons. The highest BCUT2D eigenvalue weighted by atomic mass is 32.1. The number of likely N-dealkylation sites (N-methyl/N-ethyl adjacent to an activating group) is 1. The Hall–Kier alpha value is -2.52. The van der Waals surface area contributed by atoms with Crippen molar-refractivity contribution in [3.8, 4) is 11.5 Å². The second kappa shape index (κ2) is 8.24. The Balaban J connectivity index is 1.64. The van der Waals surface area contributed by atoms with Crippen LogP contribution in [0.2, 0.25) is 0 Å². The quantitative estimate of drug-likeness (QED) is 0.701. The lowest BCUT2D eigenvalue weighted by atomic mass is 10.3. The van der Waals surface area contributed by atoms with Crippen LogP contribution in [0.1, 0.15) is 13.8 Å². The first-order chi connectivity index (χ1) is 13.7. The fraction of sp³-hybridized carbons (Fsp3) is 0.474. The molecule has 4 rings (SSSR count). The first-order valence-corrected chi connectivity index (χ1v) is 10.2. The molecule has 1 aromatic carbocycles. The van der Waals surface area contributed by atoms with E-state index < -0.39 is 0 Å². The Morgan fingerprint density at radius 2 is 1.89 bits per heavy atom. The summed E-state index contributed by atoms with van der Waals surface area (Å²) in [6.07, 6.45) is 1.39. The molecule has 0 unspecified atom stereocenters. The summed E-state index contributed by atoms with van der Waals surface area (Å²) in [7, 11) is 0. The van der Waals surface area contributed by atoms with Crippen molar-refractivity contribution in [1.29, 1.82) is 0 Å². The summed E-state index contributed by atoms with van der Waals surface area (Å²) in [6.45, 7) is 8.33. The minimum atomic E-state index is -0.244. The van der Waals surface area contributed by atoms with Gasteiger partial charge < -0.3 is 23.8 Å². The van der Waals surface area contributed by atoms with Gasteiger partial charge in [-0.05, 0) is 13.1 Å². The third-order valence-corrected chi connectivity index (χ3v) is 5.78. The number of thiazole rings is 1. The fourth-order valence-electron chi connectivity index (χ4n) is 3.10. The van der Waals surface area contributed by atoms with Gasteiger partial charge in [0.05, 0.1) is 10.2 Å². The molecule has 1 aromatic heterocycles. The van der Waals surface area contributed by atoms with Crippen molar-refractivity contribution in [2.45, 2.75) is 13.8 Å². The standard InChI is InChI=1S/C19H23N3O5S/c1-3-21(4-2)5-6-22(18(23)16-11-24-7-8-25-16)19-20-13-9-14-15(27-12-26-14)10-17(13)28-19/h9-11H,3-8,12H2,1-2H3. The molecule has 0 atom stereocenters. The van der Waals surface area contributed by atoms with E-state index in [1.54, 1.807) is 4.90 Å². The molecule has 1 amide bonds. The van der Waals surface area contributed by atoms with Crippen molar-refractivity contribution in [2.24, 2.45) is 0 Å². The number of aromatic nitrogens is 1. The van der Waals surface area contributed by atoms with Crippen molar-refractivity contribution in [1.82, 2.24) is 9.88 Å². The van der Waals surface area contributed by atoms with Gasteiger partial charge in [0, 0.05) is 25.2 Å². The molecule has 0 radical (unpaired) electrons. The van der Waals surface area contributed by atoms with E-state index in [9.17, 15) is 4.79 Å². The van der Waals surface area contributed by atoms with Gasteiger partial charge in [-0.25, -0.2) is 4.98 Å². The average molecular weight is 405 g/mol. The Morgan fingerprint density at radius 3 is 2.61 bits per heavy atom. The Morgan fingerprint density at radius 1 is 1.11 bits per heavy atom. The Labute approximate surface area is 167 Å². The molecular formula is C19H23N3O5S. The number of rotatable bonds is 7. The molecule has 0 saturated carbocycles. The van der Waals surface area contributed by atoms with Gasteiger partial charge in [-0.3, -0.25) is 9.69 Å². The smallest absolute Gasteiger partial charge is 0.298 e. The molecule has 9 heteroatoms. The highest BCUT2D eigenvalue weighted by Gasteiger charge is 2.27. The molecule has 0 aliphatic carbocycles. The molecule has 3 heterocycles. The van der Waals surface area contributed by atoms with Crippen LogP contribution in [-0.4, -0.2) is 62.0 Å². The molecule has 28 heavy (non-hydrogen) atoms. The fourth-order valence-corrected chi connectivity index (χ4v) is 4.10. The lowest BCUT2D eigenvalue weighted by molar-refractivity contribution is -0.119. The van der Waals surface area contributed by atoms with Crippen LogP contribution in [0.3, 0.4) is 0 Å². The van der Waals surface area contributed by atoms with Gasteiger partial charge in [-0.2, -0.15) is 0 Å². The van der Waals surface area contributed by atoms with Gasteiger partial charge in [0.2, 0.25) is 12.6 Å². The normalized spacial score (nSPS) is 15.3. The number of benzene rings is 1. The zero-order valence-corrected chi connectivity index (χ0v) is 16.8. The van der Waals surface area contributed by atoms with Crippen LogP contribution in [0.15, 0.2) is 24.2 Å². The van der Waals surface area contributed by atoms with Crippen molar-refractivity contribution in [2.75, 3.05) is 51.1 Å². The zero-order chi connectivity index (χ0) is 19.5. The van der Waals surface area contributed by atoms with Crippen molar-refractivity contribution in [3.05, 3.63) is 24.2 Å². The third-order valence-electron chi connectivity index (χ3n) is 4.74. The number of amides is 1. The highest BCUT2D eigenvalue weighted by molar-refractivity contribution is 7.22. The number of nitrogens with zero attached hydrogens (tertiary/aromatic N) is 3. The Kier molecular flexibility index (Phi) is 5.54. The van der Waals surface area contributed by atoms with Crippen molar-refractivity contribution >= 4 is 32.6 Å². The molecule has 0 saturated heterocycles. The molecule has 2 aliphatic rings. The second-order valence-electron chi connectivity index (χ2n) is 6.35. The predicted octanol–water partition coefficient (Wildman–Crippen LogP) is 2.59. The Bertz CT molecular complexity index is 852. The number of fused-ring (bicyclic) bond motifs is 2. The van der Waals surface area contributed by atoms with Crippen LogP contribution >= 0.6 is 11.3 Å². The first-order valence-electron chi connectivity index (χ1n) is 9.38. The monoisotopic (exact) mass is 405 g/mol. The summed E-state index contributed by atoms with van der Waals surface area (Å²) in [5.74, 6) is 1.35. The average Bonchev–Trinajstić information content (AvgIpc) is 3.35. The van der Waals surface area contributed by atoms with E-state index in [-0.39, 0.29) is 18.5 Å². The van der Waals surface area contributed by atoms with Gasteiger partial charge in [-0.1, -0.05) is 25.2 Å². The maximum atomic E-state index is 13.1. The van der Waals surface area contributed by atoms with Crippen molar-refractivity contribution < 1.29 is 23.7 Å². The summed E-state index contributed by atoms with van der Waals surface area (Å²) in [5.41, 5.74) is 0.777. The summed E-state index contributed by atoms with van der Waals surface area (Å²) < 4.78 is 22.6. The van der Waals surface area contributed by atoms with E-state index in [0.717, 1.165) is 29.9 Å². The van der Waals surface area contributed by atoms with Crippen LogP contribution in [0.4, 0.5) is 5.13 Å². The molecule has 0 bridgehead atoms. The number of hydrogen-bond donors (Lipinski definition) is 0. The molecule has 0 N–H and O–H groups in total. The van der Waals surface area contributed by atoms with E-state index in [1.807, 2.05) is 12.1 Å². The van der Waals surface area contributed by atoms with Crippen LogP contribution < -0.4 is 14.4 Å². The topological polar surface area (TPSA) is 73.4 Å². The van der Waals surface area contributed by atoms with Crippen LogP contribution in [0.5, 0.6) is 11.5 Å². The number of hydrogen-bond acceptors (Lipinski definition) is 8. The van der Waals surface area contributed by atoms with Gasteiger partial charge in [0.15, 0.2) is 16.6 Å². The van der Waals surface area contributed by atoms with Crippen molar-refractivity contribution in [3.63, 3.8) is 0 Å². The number of carbonyl (C=O) groups is 1. The molecule has 2 aromatic rings. The lowest BCUT2D eigenvalue weighted by Gasteiger charge is -2.26. The predicted molar refractivity (Wildman–Crippen MR) is 106 cm³/mol. The van der Waals surface area contributed by atoms with Gasteiger partial charge in [0.25, 0.3) is 5.91 Å². The maximum Gasteiger partial charge on any atom is 0.298 e. The summed E-state index contributed by atoms with van der Waals surface area (Å²) in [6, 6.07) is 3.76. The molecular weight excluding hydrogens is 382 g/mol. The zero-order valence-electron chi connectivity index (χ0n) is 16.0. The summed E-state index contributed by atoms with van der Waals surface area (Å²) in [5, 5.41) is 0.617. The minimum absolute atomic E-state index is 0.208. The van der Waals surface area contributed by atoms with E-state index in [0.29, 0.717) is 36.4 Å². The van der Waals surface area contributed by atoms with E-state index >= 15 is 0 Å². The van der Waals surface area contributed by atoms with Gasteiger partial charge in [-0.15, -0.1) is 0 Å². The highest BCUT2D eigenvalue weighted by Crippen LogP contribution is 2.40. The summed E-state index contributed by atoms with van der Waals surface area (Å²) in [4.78, 5) is 21.7. The maximum absolute atomic E-state index is 13.1. The van der Waals surface area contributed by atoms with E-state index in [1.165, 1.54) is 17.6 Å². The van der Waals surface area contributed by atoms with Gasteiger partial charge >= 0.3 is 0 Å². The minimum Gasteiger partial charge on any atom is -0.494 e.